The minimum Gasteiger partial charge on any atom is -0.386 e. The Bertz CT molecular complexity index is 1050. The van der Waals surface area contributed by atoms with E-state index in [4.69, 9.17) is 5.14 Å². The second-order valence-electron chi connectivity index (χ2n) is 5.83. The van der Waals surface area contributed by atoms with Gasteiger partial charge in [0, 0.05) is 24.0 Å². The summed E-state index contributed by atoms with van der Waals surface area (Å²) in [5.74, 6) is -0.688. The van der Waals surface area contributed by atoms with E-state index in [9.17, 15) is 23.3 Å². The summed E-state index contributed by atoms with van der Waals surface area (Å²) in [7, 11) is -3.75. The average molecular weight is 398 g/mol. The van der Waals surface area contributed by atoms with Crippen molar-refractivity contribution in [2.45, 2.75) is 18.4 Å². The molecule has 2 rings (SSSR count). The van der Waals surface area contributed by atoms with E-state index in [1.165, 1.54) is 25.3 Å². The first kappa shape index (κ1) is 20.8. The molecule has 2 aromatic rings. The van der Waals surface area contributed by atoms with E-state index in [2.05, 4.69) is 10.6 Å². The summed E-state index contributed by atoms with van der Waals surface area (Å²) < 4.78 is 22.4. The van der Waals surface area contributed by atoms with Gasteiger partial charge in [0.2, 0.25) is 10.0 Å². The van der Waals surface area contributed by atoms with Crippen LogP contribution in [-0.2, 0) is 21.4 Å². The van der Waals surface area contributed by atoms with Crippen molar-refractivity contribution in [3.8, 4) is 6.07 Å². The van der Waals surface area contributed by atoms with E-state index in [1.54, 1.807) is 42.5 Å². The highest BCUT2D eigenvalue weighted by Crippen LogP contribution is 2.12. The zero-order valence-electron chi connectivity index (χ0n) is 15.0. The molecule has 0 radical (unpaired) electrons. The van der Waals surface area contributed by atoms with Crippen LogP contribution in [0.15, 0.2) is 65.2 Å². The van der Waals surface area contributed by atoms with Crippen LogP contribution in [0.25, 0.3) is 0 Å². The van der Waals surface area contributed by atoms with Crippen LogP contribution in [0.5, 0.6) is 0 Å². The fourth-order valence-electron chi connectivity index (χ4n) is 2.20. The lowest BCUT2D eigenvalue weighted by molar-refractivity contribution is -0.112. The number of hydrogen-bond acceptors (Lipinski definition) is 6. The Morgan fingerprint density at radius 1 is 1.11 bits per heavy atom. The van der Waals surface area contributed by atoms with Gasteiger partial charge in [0.15, 0.2) is 5.78 Å². The van der Waals surface area contributed by atoms with E-state index in [-0.39, 0.29) is 22.8 Å². The molecular formula is C19H18N4O4S. The molecule has 0 aliphatic rings. The molecule has 0 atom stereocenters. The molecular weight excluding hydrogens is 380 g/mol. The standard InChI is InChI=1S/C19H18N4O4S/c1-13(24)15-4-6-17(7-5-15)23-19(25)16(10-20)12-22-11-14-2-8-18(9-3-14)28(21,26)27/h2-9,12,22H,11H2,1H3,(H,23,25)(H2,21,26,27)/b16-12-. The van der Waals surface area contributed by atoms with Crippen LogP contribution in [0.2, 0.25) is 0 Å². The SMILES string of the molecule is CC(=O)c1ccc(NC(=O)/C(C#N)=C\NCc2ccc(S(N)(=O)=O)cc2)cc1. The molecule has 9 heteroatoms. The number of amides is 1. The van der Waals surface area contributed by atoms with Crippen molar-refractivity contribution in [2.24, 2.45) is 5.14 Å². The smallest absolute Gasteiger partial charge is 0.267 e. The highest BCUT2D eigenvalue weighted by molar-refractivity contribution is 7.89. The number of sulfonamides is 1. The molecule has 144 valence electrons. The number of rotatable bonds is 7. The van der Waals surface area contributed by atoms with Crippen LogP contribution < -0.4 is 15.8 Å². The van der Waals surface area contributed by atoms with Crippen molar-refractivity contribution in [2.75, 3.05) is 5.32 Å². The molecule has 0 saturated heterocycles. The molecule has 0 aromatic heterocycles. The van der Waals surface area contributed by atoms with Gasteiger partial charge in [-0.25, -0.2) is 13.6 Å². The summed E-state index contributed by atoms with van der Waals surface area (Å²) in [5, 5.41) is 19.6. The molecule has 8 nitrogen and oxygen atoms in total. The topological polar surface area (TPSA) is 142 Å². The summed E-state index contributed by atoms with van der Waals surface area (Å²) in [6.45, 7) is 1.72. The number of anilines is 1. The molecule has 0 spiro atoms. The van der Waals surface area contributed by atoms with E-state index < -0.39 is 15.9 Å². The van der Waals surface area contributed by atoms with Crippen molar-refractivity contribution in [1.29, 1.82) is 5.26 Å². The fourth-order valence-corrected chi connectivity index (χ4v) is 2.72. The van der Waals surface area contributed by atoms with Crippen LogP contribution in [0.3, 0.4) is 0 Å². The Kier molecular flexibility index (Phi) is 6.65. The number of nitrogens with two attached hydrogens (primary N) is 1. The van der Waals surface area contributed by atoms with Gasteiger partial charge < -0.3 is 10.6 Å². The molecule has 4 N–H and O–H groups in total. The zero-order chi connectivity index (χ0) is 20.7. The predicted molar refractivity (Wildman–Crippen MR) is 103 cm³/mol. The second-order valence-corrected chi connectivity index (χ2v) is 7.39. The molecule has 0 saturated carbocycles. The van der Waals surface area contributed by atoms with Gasteiger partial charge >= 0.3 is 0 Å². The Labute approximate surface area is 162 Å². The van der Waals surface area contributed by atoms with Crippen LogP contribution in [0, 0.1) is 11.3 Å². The van der Waals surface area contributed by atoms with Crippen LogP contribution in [0.1, 0.15) is 22.8 Å². The maximum Gasteiger partial charge on any atom is 0.267 e. The number of carbonyl (C=O) groups is 2. The third kappa shape index (κ3) is 5.77. The van der Waals surface area contributed by atoms with E-state index in [1.807, 2.05) is 0 Å². The van der Waals surface area contributed by atoms with Gasteiger partial charge in [0.05, 0.1) is 4.90 Å². The van der Waals surface area contributed by atoms with Crippen molar-refractivity contribution < 1.29 is 18.0 Å². The monoisotopic (exact) mass is 398 g/mol. The van der Waals surface area contributed by atoms with Gasteiger partial charge in [-0.1, -0.05) is 12.1 Å². The summed E-state index contributed by atoms with van der Waals surface area (Å²) in [6, 6.07) is 14.0. The lowest BCUT2D eigenvalue weighted by atomic mass is 10.1. The number of hydrogen-bond donors (Lipinski definition) is 3. The van der Waals surface area contributed by atoms with Gasteiger partial charge in [-0.15, -0.1) is 0 Å². The second kappa shape index (κ2) is 8.94. The molecule has 0 bridgehead atoms. The normalized spacial score (nSPS) is 11.4. The van der Waals surface area contributed by atoms with Crippen LogP contribution in [-0.4, -0.2) is 20.1 Å². The summed E-state index contributed by atoms with van der Waals surface area (Å²) in [5.41, 5.74) is 1.57. The summed E-state index contributed by atoms with van der Waals surface area (Å²) >= 11 is 0. The van der Waals surface area contributed by atoms with Crippen LogP contribution in [0.4, 0.5) is 5.69 Å². The Balaban J connectivity index is 1.98. The highest BCUT2D eigenvalue weighted by atomic mass is 32.2. The first-order valence-electron chi connectivity index (χ1n) is 8.08. The summed E-state index contributed by atoms with van der Waals surface area (Å²) in [4.78, 5) is 23.4. The van der Waals surface area contributed by atoms with Crippen molar-refractivity contribution in [3.05, 3.63) is 71.4 Å². The number of nitriles is 1. The Hall–Kier alpha value is -3.48. The maximum absolute atomic E-state index is 12.2. The molecule has 2 aromatic carbocycles. The van der Waals surface area contributed by atoms with Crippen molar-refractivity contribution in [1.82, 2.24) is 5.32 Å². The quantitative estimate of drug-likeness (QED) is 0.368. The van der Waals surface area contributed by atoms with Gasteiger partial charge in [0.1, 0.15) is 11.6 Å². The van der Waals surface area contributed by atoms with Gasteiger partial charge in [-0.3, -0.25) is 9.59 Å². The number of benzene rings is 2. The lowest BCUT2D eigenvalue weighted by Crippen LogP contribution is -2.17. The number of carbonyl (C=O) groups excluding carboxylic acids is 2. The van der Waals surface area contributed by atoms with Gasteiger partial charge in [0.25, 0.3) is 5.91 Å². The minimum absolute atomic E-state index is 0.000301. The Morgan fingerprint density at radius 3 is 2.21 bits per heavy atom. The zero-order valence-corrected chi connectivity index (χ0v) is 15.8. The average Bonchev–Trinajstić information content (AvgIpc) is 2.65. The molecule has 0 heterocycles. The van der Waals surface area contributed by atoms with Crippen molar-refractivity contribution in [3.63, 3.8) is 0 Å². The van der Waals surface area contributed by atoms with Gasteiger partial charge in [-0.05, 0) is 48.9 Å². The minimum atomic E-state index is -3.75. The first-order valence-corrected chi connectivity index (χ1v) is 9.63. The van der Waals surface area contributed by atoms with Crippen molar-refractivity contribution >= 4 is 27.4 Å². The molecule has 0 fully saturated rings. The fraction of sp³-hybridized carbons (Fsp3) is 0.105. The molecule has 0 unspecified atom stereocenters. The third-order valence-corrected chi connectivity index (χ3v) is 4.65. The number of primary sulfonamides is 1. The van der Waals surface area contributed by atoms with Gasteiger partial charge in [-0.2, -0.15) is 5.26 Å². The Morgan fingerprint density at radius 2 is 1.71 bits per heavy atom. The first-order chi connectivity index (χ1) is 13.2. The lowest BCUT2D eigenvalue weighted by Gasteiger charge is -2.06. The molecule has 0 aliphatic carbocycles. The third-order valence-electron chi connectivity index (χ3n) is 3.72. The summed E-state index contributed by atoms with van der Waals surface area (Å²) in [6.07, 6.45) is 1.27. The van der Waals surface area contributed by atoms with E-state index in [0.717, 1.165) is 5.56 Å². The number of nitrogens with one attached hydrogen (secondary N) is 2. The highest BCUT2D eigenvalue weighted by Gasteiger charge is 2.10. The number of nitrogens with zero attached hydrogens (tertiary/aromatic N) is 1. The van der Waals surface area contributed by atoms with Crippen LogP contribution >= 0.6 is 0 Å². The molecule has 0 aliphatic heterocycles. The molecule has 1 amide bonds. The van der Waals surface area contributed by atoms with E-state index >= 15 is 0 Å². The predicted octanol–water partition coefficient (Wildman–Crippen LogP) is 1.67. The number of Topliss-reactive ketones (excluding diaryl/α,β-unsaturated/α-hetero) is 1. The molecule has 28 heavy (non-hydrogen) atoms. The number of ketones is 1. The largest absolute Gasteiger partial charge is 0.386 e. The maximum atomic E-state index is 12.2. The van der Waals surface area contributed by atoms with E-state index in [0.29, 0.717) is 11.3 Å².